The van der Waals surface area contributed by atoms with Crippen molar-refractivity contribution in [2.45, 2.75) is 56.8 Å². The Kier molecular flexibility index (Phi) is 3.38. The summed E-state index contributed by atoms with van der Waals surface area (Å²) in [4.78, 5) is 5.57. The fourth-order valence-electron chi connectivity index (χ4n) is 3.95. The maximum absolute atomic E-state index is 13.9. The highest BCUT2D eigenvalue weighted by Gasteiger charge is 2.37. The Morgan fingerprint density at radius 2 is 2.27 bits per heavy atom. The molecular formula is C17H21FN2OS. The number of thiophene rings is 1. The molecule has 3 heterocycles. The molecule has 0 bridgehead atoms. The lowest BCUT2D eigenvalue weighted by atomic mass is 9.77. The number of rotatable bonds is 3. The Morgan fingerprint density at radius 3 is 3.05 bits per heavy atom. The molecule has 5 heteroatoms. The number of fused-ring (bicyclic) bond motifs is 3. The lowest BCUT2D eigenvalue weighted by Gasteiger charge is -2.34. The number of nitrogens with zero attached hydrogens (tertiary/aromatic N) is 2. The second-order valence-electron chi connectivity index (χ2n) is 6.95. The Bertz CT molecular complexity index is 628. The van der Waals surface area contributed by atoms with E-state index in [0.717, 1.165) is 18.5 Å². The van der Waals surface area contributed by atoms with E-state index in [4.69, 9.17) is 0 Å². The predicted molar refractivity (Wildman–Crippen MR) is 85.8 cm³/mol. The van der Waals surface area contributed by atoms with Crippen LogP contribution in [-0.2, 0) is 0 Å². The number of aliphatic hydroxyl groups is 1. The zero-order valence-electron chi connectivity index (χ0n) is 12.7. The van der Waals surface area contributed by atoms with Crippen molar-refractivity contribution in [2.24, 2.45) is 5.92 Å². The van der Waals surface area contributed by atoms with Crippen LogP contribution >= 0.6 is 11.3 Å². The molecule has 0 spiro atoms. The number of hydrogen-bond donors (Lipinski definition) is 1. The van der Waals surface area contributed by atoms with Gasteiger partial charge < -0.3 is 9.67 Å². The van der Waals surface area contributed by atoms with Gasteiger partial charge in [0.25, 0.3) is 0 Å². The number of aliphatic hydroxyl groups excluding tert-OH is 1. The molecule has 0 unspecified atom stereocenters. The molecule has 1 N–H and O–H groups in total. The summed E-state index contributed by atoms with van der Waals surface area (Å²) >= 11 is 1.75. The second kappa shape index (κ2) is 5.17. The van der Waals surface area contributed by atoms with Gasteiger partial charge in [-0.05, 0) is 56.4 Å². The minimum atomic E-state index is -1.04. The van der Waals surface area contributed by atoms with E-state index in [1.165, 1.54) is 10.4 Å². The van der Waals surface area contributed by atoms with Crippen LogP contribution < -0.4 is 0 Å². The van der Waals surface area contributed by atoms with Crippen molar-refractivity contribution in [1.82, 2.24) is 9.55 Å². The van der Waals surface area contributed by atoms with Gasteiger partial charge in [0.2, 0.25) is 0 Å². The molecule has 22 heavy (non-hydrogen) atoms. The van der Waals surface area contributed by atoms with Gasteiger partial charge in [0.15, 0.2) is 0 Å². The number of imidazole rings is 1. The van der Waals surface area contributed by atoms with Gasteiger partial charge in [0.1, 0.15) is 5.67 Å². The topological polar surface area (TPSA) is 38.1 Å². The first-order valence-corrected chi connectivity index (χ1v) is 8.90. The van der Waals surface area contributed by atoms with Gasteiger partial charge in [-0.25, -0.2) is 9.37 Å². The van der Waals surface area contributed by atoms with E-state index in [2.05, 4.69) is 21.0 Å². The van der Waals surface area contributed by atoms with Crippen LogP contribution in [0.15, 0.2) is 24.0 Å². The van der Waals surface area contributed by atoms with Gasteiger partial charge in [-0.15, -0.1) is 11.3 Å². The summed E-state index contributed by atoms with van der Waals surface area (Å²) < 4.78 is 16.1. The average molecular weight is 320 g/mol. The highest BCUT2D eigenvalue weighted by molar-refractivity contribution is 7.10. The Hall–Kier alpha value is -1.20. The molecule has 1 aliphatic heterocycles. The quantitative estimate of drug-likeness (QED) is 0.921. The maximum atomic E-state index is 13.9. The molecule has 118 valence electrons. The van der Waals surface area contributed by atoms with E-state index < -0.39 is 5.67 Å². The minimum absolute atomic E-state index is 0.182. The maximum Gasteiger partial charge on any atom is 0.108 e. The van der Waals surface area contributed by atoms with Crippen LogP contribution in [0.1, 0.15) is 49.9 Å². The van der Waals surface area contributed by atoms with E-state index in [-0.39, 0.29) is 18.1 Å². The molecule has 2 aliphatic rings. The Balaban J connectivity index is 1.50. The summed E-state index contributed by atoms with van der Waals surface area (Å²) in [6.07, 6.45) is 6.80. The number of hydrogen-bond acceptors (Lipinski definition) is 3. The minimum Gasteiger partial charge on any atom is -0.393 e. The van der Waals surface area contributed by atoms with E-state index in [0.29, 0.717) is 19.3 Å². The van der Waals surface area contributed by atoms with Crippen molar-refractivity contribution < 1.29 is 9.50 Å². The van der Waals surface area contributed by atoms with Crippen molar-refractivity contribution in [3.05, 3.63) is 28.8 Å². The first kappa shape index (κ1) is 14.4. The van der Waals surface area contributed by atoms with Crippen molar-refractivity contribution >= 4 is 11.3 Å². The van der Waals surface area contributed by atoms with Crippen molar-refractivity contribution in [3.8, 4) is 11.3 Å². The fourth-order valence-corrected chi connectivity index (χ4v) is 4.96. The van der Waals surface area contributed by atoms with Crippen LogP contribution in [0.5, 0.6) is 0 Å². The molecule has 2 aromatic rings. The molecule has 0 saturated heterocycles. The summed E-state index contributed by atoms with van der Waals surface area (Å²) in [7, 11) is 0. The third-order valence-corrected chi connectivity index (χ3v) is 6.38. The largest absolute Gasteiger partial charge is 0.393 e. The van der Waals surface area contributed by atoms with Gasteiger partial charge >= 0.3 is 0 Å². The first-order chi connectivity index (χ1) is 10.6. The van der Waals surface area contributed by atoms with E-state index in [9.17, 15) is 9.50 Å². The predicted octanol–water partition coefficient (Wildman–Crippen LogP) is 4.18. The van der Waals surface area contributed by atoms with Crippen molar-refractivity contribution in [3.63, 3.8) is 0 Å². The molecule has 0 radical (unpaired) electrons. The molecular weight excluding hydrogens is 299 g/mol. The standard InChI is InChI=1S/C17H21FN2OS/c1-17(18)5-2-11(3-6-17)15(21)8-13-16-12(4-7-22-16)14-9-19-10-20(13)14/h4,7,9-11,13,15,21H,2-3,5-6,8H2,1H3/t11?,13-,15+,17?/m1/s1. The third-order valence-electron chi connectivity index (χ3n) is 5.36. The van der Waals surface area contributed by atoms with Crippen LogP contribution in [-0.4, -0.2) is 26.4 Å². The molecule has 1 aliphatic carbocycles. The van der Waals surface area contributed by atoms with Gasteiger partial charge in [0.05, 0.1) is 30.4 Å². The summed E-state index contributed by atoms with van der Waals surface area (Å²) in [6.45, 7) is 1.68. The normalized spacial score (nSPS) is 31.8. The van der Waals surface area contributed by atoms with Gasteiger partial charge in [0, 0.05) is 10.4 Å². The first-order valence-electron chi connectivity index (χ1n) is 8.02. The zero-order chi connectivity index (χ0) is 15.3. The zero-order valence-corrected chi connectivity index (χ0v) is 13.5. The van der Waals surface area contributed by atoms with Crippen molar-refractivity contribution in [2.75, 3.05) is 0 Å². The van der Waals surface area contributed by atoms with Crippen LogP contribution in [0.25, 0.3) is 11.3 Å². The lowest BCUT2D eigenvalue weighted by molar-refractivity contribution is 0.0262. The van der Waals surface area contributed by atoms with Crippen LogP contribution in [0.3, 0.4) is 0 Å². The summed E-state index contributed by atoms with van der Waals surface area (Å²) in [5.41, 5.74) is 1.36. The summed E-state index contributed by atoms with van der Waals surface area (Å²) in [5.74, 6) is 0.222. The van der Waals surface area contributed by atoms with Crippen molar-refractivity contribution in [1.29, 1.82) is 0 Å². The van der Waals surface area contributed by atoms with Crippen LogP contribution in [0, 0.1) is 5.92 Å². The molecule has 1 fully saturated rings. The lowest BCUT2D eigenvalue weighted by Crippen LogP contribution is -2.33. The molecule has 2 aromatic heterocycles. The number of alkyl halides is 1. The Morgan fingerprint density at radius 1 is 1.50 bits per heavy atom. The molecule has 2 atom stereocenters. The smallest absolute Gasteiger partial charge is 0.108 e. The molecule has 4 rings (SSSR count). The van der Waals surface area contributed by atoms with E-state index >= 15 is 0 Å². The van der Waals surface area contributed by atoms with Crippen LogP contribution in [0.4, 0.5) is 4.39 Å². The Labute approximate surface area is 133 Å². The molecule has 0 aromatic carbocycles. The number of aromatic nitrogens is 2. The molecule has 1 saturated carbocycles. The highest BCUT2D eigenvalue weighted by atomic mass is 32.1. The van der Waals surface area contributed by atoms with Gasteiger partial charge in [-0.3, -0.25) is 0 Å². The molecule has 3 nitrogen and oxygen atoms in total. The van der Waals surface area contributed by atoms with E-state index in [1.807, 2.05) is 12.5 Å². The fraction of sp³-hybridized carbons (Fsp3) is 0.588. The highest BCUT2D eigenvalue weighted by Crippen LogP contribution is 2.46. The summed E-state index contributed by atoms with van der Waals surface area (Å²) in [5, 5.41) is 12.8. The van der Waals surface area contributed by atoms with Crippen LogP contribution in [0.2, 0.25) is 0 Å². The summed E-state index contributed by atoms with van der Waals surface area (Å²) in [6, 6.07) is 2.32. The van der Waals surface area contributed by atoms with Gasteiger partial charge in [-0.1, -0.05) is 0 Å². The van der Waals surface area contributed by atoms with Gasteiger partial charge in [-0.2, -0.15) is 0 Å². The second-order valence-corrected chi connectivity index (χ2v) is 7.90. The SMILES string of the molecule is CC1(F)CCC([C@@H](O)C[C@@H]2c3sccc3-c3cncn32)CC1. The molecule has 0 amide bonds. The number of halogens is 1. The van der Waals surface area contributed by atoms with E-state index in [1.54, 1.807) is 18.3 Å². The third kappa shape index (κ3) is 2.31. The monoisotopic (exact) mass is 320 g/mol. The average Bonchev–Trinajstić information content (AvgIpc) is 3.15.